The number of rotatable bonds is 3. The van der Waals surface area contributed by atoms with Crippen LogP contribution in [0.25, 0.3) is 0 Å². The average molecular weight is 411 g/mol. The van der Waals surface area contributed by atoms with Crippen LogP contribution in [0.15, 0.2) is 39.9 Å². The molecule has 1 aliphatic heterocycles. The fraction of sp³-hybridized carbons (Fsp3) is 0.333. The molecule has 2 amide bonds. The molecule has 1 atom stereocenters. The van der Waals surface area contributed by atoms with Crippen LogP contribution in [0, 0.1) is 0 Å². The Morgan fingerprint density at radius 1 is 1.07 bits per heavy atom. The van der Waals surface area contributed by atoms with Crippen molar-refractivity contribution in [3.8, 4) is 0 Å². The minimum atomic E-state index is -5.07. The molecular formula is C15H13F6N4O3+. The van der Waals surface area contributed by atoms with Gasteiger partial charge in [-0.25, -0.2) is 9.59 Å². The van der Waals surface area contributed by atoms with Crippen molar-refractivity contribution < 1.29 is 45.3 Å². The quantitative estimate of drug-likeness (QED) is 0.464. The average Bonchev–Trinajstić information content (AvgIpc) is 2.90. The summed E-state index contributed by atoms with van der Waals surface area (Å²) in [7, 11) is 1.01. The number of benzene rings is 1. The number of quaternary nitrogens is 1. The van der Waals surface area contributed by atoms with Gasteiger partial charge in [0.2, 0.25) is 5.70 Å². The van der Waals surface area contributed by atoms with Crippen LogP contribution < -0.4 is 5.73 Å². The van der Waals surface area contributed by atoms with Crippen molar-refractivity contribution in [3.63, 3.8) is 0 Å². The predicted octanol–water partition coefficient (Wildman–Crippen LogP) is 3.91. The zero-order chi connectivity index (χ0) is 21.5. The lowest BCUT2D eigenvalue weighted by atomic mass is 10.0. The van der Waals surface area contributed by atoms with Gasteiger partial charge in [-0.1, -0.05) is 9.71 Å². The summed E-state index contributed by atoms with van der Waals surface area (Å²) in [5.41, 5.74) is 0.977. The lowest BCUT2D eigenvalue weighted by Gasteiger charge is -2.23. The minimum Gasteiger partial charge on any atom is -0.464 e. The molecule has 0 saturated carbocycles. The highest BCUT2D eigenvalue weighted by Crippen LogP contribution is 2.39. The van der Waals surface area contributed by atoms with E-state index in [1.54, 1.807) is 0 Å². The van der Waals surface area contributed by atoms with Crippen LogP contribution in [0.3, 0.4) is 0 Å². The van der Waals surface area contributed by atoms with Crippen molar-refractivity contribution in [1.82, 2.24) is 0 Å². The maximum absolute atomic E-state index is 13.0. The molecule has 0 bridgehead atoms. The number of carbonyl (C=O) groups is 2. The number of halogens is 6. The highest BCUT2D eigenvalue weighted by molar-refractivity contribution is 5.89. The van der Waals surface area contributed by atoms with E-state index < -0.39 is 57.9 Å². The van der Waals surface area contributed by atoms with Gasteiger partial charge in [0.15, 0.2) is 5.70 Å². The second-order valence-electron chi connectivity index (χ2n) is 5.79. The number of alkyl halides is 6. The number of carbonyl (C=O) groups excluding carboxylic acids is 2. The molecule has 28 heavy (non-hydrogen) atoms. The first kappa shape index (κ1) is 21.3. The molecule has 13 heteroatoms. The van der Waals surface area contributed by atoms with Gasteiger partial charge >= 0.3 is 24.4 Å². The van der Waals surface area contributed by atoms with E-state index in [1.165, 1.54) is 6.92 Å². The van der Waals surface area contributed by atoms with E-state index in [4.69, 9.17) is 5.73 Å². The van der Waals surface area contributed by atoms with E-state index in [-0.39, 0.29) is 11.8 Å². The van der Waals surface area contributed by atoms with Crippen LogP contribution in [-0.4, -0.2) is 23.7 Å². The number of nitrogens with two attached hydrogens (primary N) is 1. The molecule has 0 aromatic heterocycles. The summed E-state index contributed by atoms with van der Waals surface area (Å²) in [5.74, 6) is -0.998. The Morgan fingerprint density at radius 2 is 1.57 bits per heavy atom. The van der Waals surface area contributed by atoms with E-state index in [0.717, 1.165) is 7.11 Å². The van der Waals surface area contributed by atoms with E-state index >= 15 is 0 Å². The van der Waals surface area contributed by atoms with Gasteiger partial charge in [0.05, 0.1) is 18.2 Å². The topological polar surface area (TPSA) is 94.1 Å². The Hall–Kier alpha value is -2.96. The first-order valence-electron chi connectivity index (χ1n) is 7.42. The molecule has 0 saturated heterocycles. The minimum absolute atomic E-state index is 0.0494. The Labute approximate surface area is 153 Å². The summed E-state index contributed by atoms with van der Waals surface area (Å²) >= 11 is 0. The lowest BCUT2D eigenvalue weighted by molar-refractivity contribution is -0.832. The Bertz CT molecular complexity index is 858. The Morgan fingerprint density at radius 3 is 1.96 bits per heavy atom. The number of nitrogens with zero attached hydrogens (tertiary/aromatic N) is 3. The van der Waals surface area contributed by atoms with Crippen molar-refractivity contribution in [2.24, 2.45) is 16.1 Å². The number of allylic oxidation sites excluding steroid dienone is 1. The molecule has 2 rings (SSSR count). The normalized spacial score (nSPS) is 19.9. The molecule has 152 valence electrons. The highest BCUT2D eigenvalue weighted by Gasteiger charge is 2.48. The summed E-state index contributed by atoms with van der Waals surface area (Å²) in [5, 5.41) is 6.99. The van der Waals surface area contributed by atoms with E-state index in [0.29, 0.717) is 12.1 Å². The zero-order valence-corrected chi connectivity index (χ0v) is 14.4. The van der Waals surface area contributed by atoms with Gasteiger partial charge in [0, 0.05) is 17.7 Å². The Kier molecular flexibility index (Phi) is 5.25. The highest BCUT2D eigenvalue weighted by atomic mass is 19.4. The van der Waals surface area contributed by atoms with Gasteiger partial charge < -0.3 is 10.5 Å². The van der Waals surface area contributed by atoms with Crippen LogP contribution in [-0.2, 0) is 28.4 Å². The van der Waals surface area contributed by atoms with Gasteiger partial charge in [-0.2, -0.15) is 26.3 Å². The smallest absolute Gasteiger partial charge is 0.447 e. The maximum atomic E-state index is 13.0. The molecule has 0 aliphatic carbocycles. The molecule has 0 fully saturated rings. The fourth-order valence-corrected chi connectivity index (χ4v) is 2.53. The first-order chi connectivity index (χ1) is 12.7. The van der Waals surface area contributed by atoms with Crippen LogP contribution in [0.1, 0.15) is 23.6 Å². The number of amides is 2. The standard InChI is InChI=1S/C15H12F6N4O3/c1-7-11(12(26)28-2)23-24-25(7,13(22)27)6-8-3-9(14(16,17)18)5-10(4-8)15(19,20)21/h3-5H,6H2,1-2H3,(H-,22,27)/p+1. The summed E-state index contributed by atoms with van der Waals surface area (Å²) in [6, 6.07) is -0.424. The summed E-state index contributed by atoms with van der Waals surface area (Å²) in [6.45, 7) is 0.369. The number of hydrogen-bond donors (Lipinski definition) is 1. The van der Waals surface area contributed by atoms with Crippen LogP contribution in [0.4, 0.5) is 31.1 Å². The largest absolute Gasteiger partial charge is 0.464 e. The summed E-state index contributed by atoms with van der Waals surface area (Å²) in [4.78, 5) is 23.6. The van der Waals surface area contributed by atoms with Gasteiger partial charge in [0.1, 0.15) is 6.54 Å². The molecule has 1 heterocycles. The third-order valence-electron chi connectivity index (χ3n) is 4.00. The molecule has 1 aromatic rings. The van der Waals surface area contributed by atoms with Crippen molar-refractivity contribution in [2.45, 2.75) is 25.8 Å². The molecule has 0 spiro atoms. The number of primary amides is 1. The third-order valence-corrected chi connectivity index (χ3v) is 4.00. The number of hydrogen-bond acceptors (Lipinski definition) is 5. The van der Waals surface area contributed by atoms with Crippen LogP contribution in [0.5, 0.6) is 0 Å². The molecule has 1 unspecified atom stereocenters. The molecule has 2 N–H and O–H groups in total. The second-order valence-corrected chi connectivity index (χ2v) is 5.79. The summed E-state index contributed by atoms with van der Waals surface area (Å²) < 4.78 is 81.2. The number of urea groups is 1. The first-order valence-corrected chi connectivity index (χ1v) is 7.42. The molecule has 0 radical (unpaired) electrons. The second kappa shape index (κ2) is 6.89. The summed E-state index contributed by atoms with van der Waals surface area (Å²) in [6.07, 6.45) is -10.1. The van der Waals surface area contributed by atoms with Crippen LogP contribution >= 0.6 is 0 Å². The van der Waals surface area contributed by atoms with Crippen molar-refractivity contribution >= 4 is 12.0 Å². The van der Waals surface area contributed by atoms with Crippen molar-refractivity contribution in [3.05, 3.63) is 46.3 Å². The number of esters is 1. The third kappa shape index (κ3) is 3.83. The monoisotopic (exact) mass is 411 g/mol. The van der Waals surface area contributed by atoms with E-state index in [2.05, 4.69) is 15.1 Å². The predicted molar refractivity (Wildman–Crippen MR) is 79.6 cm³/mol. The molecule has 1 aromatic carbocycles. The zero-order valence-electron chi connectivity index (χ0n) is 14.4. The Balaban J connectivity index is 2.62. The van der Waals surface area contributed by atoms with E-state index in [9.17, 15) is 35.9 Å². The maximum Gasteiger partial charge on any atom is 0.447 e. The van der Waals surface area contributed by atoms with Crippen molar-refractivity contribution in [1.29, 1.82) is 0 Å². The number of methoxy groups -OCH3 is 1. The van der Waals surface area contributed by atoms with Gasteiger partial charge in [0.25, 0.3) is 0 Å². The van der Waals surface area contributed by atoms with Gasteiger partial charge in [-0.3, -0.25) is 0 Å². The fourth-order valence-electron chi connectivity index (χ4n) is 2.53. The van der Waals surface area contributed by atoms with Crippen molar-refractivity contribution in [2.75, 3.05) is 7.11 Å². The number of ether oxygens (including phenoxy) is 1. The lowest BCUT2D eigenvalue weighted by Crippen LogP contribution is -2.48. The SMILES string of the molecule is COC(=O)C1=C(C)[N+](Cc2cc(C(F)(F)F)cc(C(F)(F)F)c2)(C(N)=O)N=N1. The van der Waals surface area contributed by atoms with Gasteiger partial charge in [-0.05, 0) is 18.2 Å². The van der Waals surface area contributed by atoms with Gasteiger partial charge in [-0.15, -0.1) is 0 Å². The van der Waals surface area contributed by atoms with E-state index in [1.807, 2.05) is 0 Å². The molecule has 7 nitrogen and oxygen atoms in total. The van der Waals surface area contributed by atoms with Crippen LogP contribution in [0.2, 0.25) is 0 Å². The molecule has 1 aliphatic rings. The molecular weight excluding hydrogens is 398 g/mol.